The molecule has 3 fully saturated rings. The number of nitrogens with one attached hydrogen (secondary N) is 2. The van der Waals surface area contributed by atoms with Crippen molar-refractivity contribution in [3.05, 3.63) is 35.9 Å². The zero-order valence-corrected chi connectivity index (χ0v) is 17.6. The Hall–Kier alpha value is -1.59. The summed E-state index contributed by atoms with van der Waals surface area (Å²) in [4.78, 5) is 4.38. The topological polar surface area (TPSA) is 28.9 Å². The molecule has 1 aromatic carbocycles. The van der Waals surface area contributed by atoms with Crippen molar-refractivity contribution in [2.24, 2.45) is 11.8 Å². The van der Waals surface area contributed by atoms with Gasteiger partial charge in [-0.2, -0.15) is 0 Å². The van der Waals surface area contributed by atoms with Crippen LogP contribution in [0.1, 0.15) is 38.5 Å². The second-order valence-corrected chi connectivity index (χ2v) is 9.40. The lowest BCUT2D eigenvalue weighted by molar-refractivity contribution is -0.943. The molecule has 3 heterocycles. The van der Waals surface area contributed by atoms with Gasteiger partial charge in [-0.05, 0) is 68.6 Å². The van der Waals surface area contributed by atoms with E-state index in [1.54, 1.807) is 12.7 Å². The molecular weight excluding hydrogens is 366 g/mol. The first kappa shape index (κ1) is 18.4. The number of likely N-dealkylation sites (tertiary alicyclic amines) is 1. The molecule has 4 nitrogen and oxygen atoms in total. The van der Waals surface area contributed by atoms with Crippen molar-refractivity contribution in [3.63, 3.8) is 0 Å². The molecule has 150 valence electrons. The van der Waals surface area contributed by atoms with Crippen LogP contribution in [0.3, 0.4) is 0 Å². The quantitative estimate of drug-likeness (QED) is 0.592. The fourth-order valence-corrected chi connectivity index (χ4v) is 6.61. The lowest BCUT2D eigenvalue weighted by atomic mass is 9.68. The molecule has 0 radical (unpaired) electrons. The second kappa shape index (κ2) is 7.68. The largest absolute Gasteiger partial charge is 0.497 e. The van der Waals surface area contributed by atoms with Crippen LogP contribution in [0.5, 0.6) is 5.75 Å². The van der Waals surface area contributed by atoms with Gasteiger partial charge in [-0.1, -0.05) is 11.6 Å². The smallest absolute Gasteiger partial charge is 0.173 e. The number of ether oxygens (including phenoxy) is 1. The number of benzene rings is 1. The Bertz CT molecular complexity index is 762. The highest BCUT2D eigenvalue weighted by Crippen LogP contribution is 2.40. The Kier molecular flexibility index (Phi) is 5.06. The fourth-order valence-electron chi connectivity index (χ4n) is 6.29. The number of nitrogens with zero attached hydrogens (tertiary/aromatic N) is 1. The summed E-state index contributed by atoms with van der Waals surface area (Å²) in [6, 6.07) is 9.46. The van der Waals surface area contributed by atoms with E-state index in [4.69, 9.17) is 17.0 Å². The SMILES string of the molecule is COc1ccc(NC(=S)N2CCCC3=C[C@H]4C[C@H](C[NH+]5CCCC[C@H]45)[C@@H]32)cc1. The van der Waals surface area contributed by atoms with E-state index < -0.39 is 0 Å². The summed E-state index contributed by atoms with van der Waals surface area (Å²) in [5.41, 5.74) is 2.72. The number of methoxy groups -OCH3 is 1. The highest BCUT2D eigenvalue weighted by Gasteiger charge is 2.48. The minimum Gasteiger partial charge on any atom is -0.497 e. The van der Waals surface area contributed by atoms with Gasteiger partial charge in [-0.25, -0.2) is 0 Å². The number of hydrogen-bond acceptors (Lipinski definition) is 2. The average Bonchev–Trinajstić information content (AvgIpc) is 2.74. The van der Waals surface area contributed by atoms with Gasteiger partial charge in [0, 0.05) is 30.5 Å². The van der Waals surface area contributed by atoms with Gasteiger partial charge >= 0.3 is 0 Å². The third kappa shape index (κ3) is 3.33. The van der Waals surface area contributed by atoms with Crippen molar-refractivity contribution in [2.45, 2.75) is 50.6 Å². The van der Waals surface area contributed by atoms with E-state index >= 15 is 0 Å². The fraction of sp³-hybridized carbons (Fsp3) is 0.609. The van der Waals surface area contributed by atoms with Gasteiger partial charge in [0.25, 0.3) is 0 Å². The molecule has 4 aliphatic rings. The summed E-state index contributed by atoms with van der Waals surface area (Å²) >= 11 is 5.90. The molecule has 0 amide bonds. The molecule has 2 N–H and O–H groups in total. The number of fused-ring (bicyclic) bond motifs is 6. The number of quaternary nitrogens is 1. The van der Waals surface area contributed by atoms with Crippen molar-refractivity contribution in [1.82, 2.24) is 4.90 Å². The summed E-state index contributed by atoms with van der Waals surface area (Å²) in [5.74, 6) is 2.44. The van der Waals surface area contributed by atoms with E-state index in [1.165, 1.54) is 51.6 Å². The predicted octanol–water partition coefficient (Wildman–Crippen LogP) is 2.87. The summed E-state index contributed by atoms with van der Waals surface area (Å²) < 4.78 is 5.27. The molecule has 5 heteroatoms. The highest BCUT2D eigenvalue weighted by atomic mass is 32.1. The van der Waals surface area contributed by atoms with Crippen LogP contribution in [0.15, 0.2) is 35.9 Å². The number of hydrogen-bond donors (Lipinski definition) is 2. The predicted molar refractivity (Wildman–Crippen MR) is 117 cm³/mol. The first-order valence-electron chi connectivity index (χ1n) is 11.0. The van der Waals surface area contributed by atoms with E-state index in [-0.39, 0.29) is 0 Å². The van der Waals surface area contributed by atoms with Crippen LogP contribution >= 0.6 is 12.2 Å². The maximum Gasteiger partial charge on any atom is 0.173 e. The maximum absolute atomic E-state index is 5.90. The van der Waals surface area contributed by atoms with E-state index in [9.17, 15) is 0 Å². The van der Waals surface area contributed by atoms with Crippen LogP contribution < -0.4 is 15.0 Å². The van der Waals surface area contributed by atoms with Gasteiger partial charge in [0.2, 0.25) is 0 Å². The molecule has 0 saturated carbocycles. The summed E-state index contributed by atoms with van der Waals surface area (Å²) in [6.45, 7) is 3.79. The normalized spacial score (nSPS) is 34.0. The molecular formula is C23H32N3OS+. The number of thiocarbonyl (C=S) groups is 1. The van der Waals surface area contributed by atoms with Crippen molar-refractivity contribution < 1.29 is 9.64 Å². The Morgan fingerprint density at radius 3 is 2.89 bits per heavy atom. The first-order chi connectivity index (χ1) is 13.7. The molecule has 1 aliphatic carbocycles. The van der Waals surface area contributed by atoms with Crippen molar-refractivity contribution in [2.75, 3.05) is 32.1 Å². The Morgan fingerprint density at radius 2 is 2.07 bits per heavy atom. The Balaban J connectivity index is 1.35. The van der Waals surface area contributed by atoms with E-state index in [0.717, 1.165) is 41.0 Å². The monoisotopic (exact) mass is 398 g/mol. The summed E-state index contributed by atoms with van der Waals surface area (Å²) in [5, 5.41) is 4.38. The molecule has 0 aromatic heterocycles. The molecule has 1 unspecified atom stereocenters. The van der Waals surface area contributed by atoms with Gasteiger partial charge in [0.15, 0.2) is 5.11 Å². The number of piperidine rings is 3. The van der Waals surface area contributed by atoms with Crippen molar-refractivity contribution in [3.8, 4) is 5.75 Å². The van der Waals surface area contributed by atoms with E-state index in [0.29, 0.717) is 6.04 Å². The van der Waals surface area contributed by atoms with E-state index in [2.05, 4.69) is 16.3 Å². The lowest BCUT2D eigenvalue weighted by Crippen LogP contribution is -3.19. The highest BCUT2D eigenvalue weighted by molar-refractivity contribution is 7.80. The minimum atomic E-state index is 0.513. The van der Waals surface area contributed by atoms with Crippen LogP contribution in [-0.2, 0) is 0 Å². The minimum absolute atomic E-state index is 0.513. The lowest BCUT2D eigenvalue weighted by Gasteiger charge is -2.53. The van der Waals surface area contributed by atoms with Gasteiger partial charge in [0.05, 0.1) is 32.3 Å². The Labute approximate surface area is 173 Å². The molecule has 0 spiro atoms. The zero-order valence-electron chi connectivity index (χ0n) is 16.8. The maximum atomic E-state index is 5.90. The number of rotatable bonds is 2. The molecule has 5 rings (SSSR count). The Morgan fingerprint density at radius 1 is 1.21 bits per heavy atom. The average molecular weight is 399 g/mol. The third-order valence-corrected chi connectivity index (χ3v) is 7.80. The van der Waals surface area contributed by atoms with Crippen LogP contribution in [-0.4, -0.2) is 48.8 Å². The molecule has 5 atom stereocenters. The standard InChI is InChI=1S/C23H31N3OS/c1-27-20-9-7-19(8-10-20)24-23(28)26-12-4-5-16-13-17-14-18(22(16)26)15-25-11-3-2-6-21(17)25/h7-10,13,17-18,21-22H,2-6,11-12,14-15H2,1H3,(H,24,28)/p+1/t17-,18+,21+,22+/m0/s1. The summed E-state index contributed by atoms with van der Waals surface area (Å²) in [7, 11) is 1.70. The molecule has 3 aliphatic heterocycles. The molecule has 2 bridgehead atoms. The first-order valence-corrected chi connectivity index (χ1v) is 11.4. The van der Waals surface area contributed by atoms with Gasteiger partial charge in [-0.3, -0.25) is 0 Å². The van der Waals surface area contributed by atoms with Gasteiger partial charge < -0.3 is 19.9 Å². The van der Waals surface area contributed by atoms with Crippen LogP contribution in [0.25, 0.3) is 0 Å². The van der Waals surface area contributed by atoms with Gasteiger partial charge in [-0.15, -0.1) is 0 Å². The van der Waals surface area contributed by atoms with Gasteiger partial charge in [0.1, 0.15) is 5.75 Å². The molecule has 3 saturated heterocycles. The molecule has 28 heavy (non-hydrogen) atoms. The van der Waals surface area contributed by atoms with Crippen molar-refractivity contribution in [1.29, 1.82) is 0 Å². The van der Waals surface area contributed by atoms with Crippen LogP contribution in [0.4, 0.5) is 5.69 Å². The third-order valence-electron chi connectivity index (χ3n) is 7.46. The number of anilines is 1. The zero-order chi connectivity index (χ0) is 19.1. The van der Waals surface area contributed by atoms with Crippen molar-refractivity contribution >= 4 is 23.0 Å². The molecule has 1 aromatic rings. The van der Waals surface area contributed by atoms with Crippen LogP contribution in [0.2, 0.25) is 0 Å². The van der Waals surface area contributed by atoms with E-state index in [1.807, 2.05) is 29.2 Å². The second-order valence-electron chi connectivity index (χ2n) is 9.02. The summed E-state index contributed by atoms with van der Waals surface area (Å²) in [6.07, 6.45) is 10.8. The van der Waals surface area contributed by atoms with Crippen LogP contribution in [0, 0.1) is 11.8 Å².